The minimum absolute atomic E-state index is 0.0256. The molecule has 0 aromatic carbocycles. The van der Waals surface area contributed by atoms with E-state index in [1.54, 1.807) is 6.07 Å². The van der Waals surface area contributed by atoms with Crippen LogP contribution in [0.5, 0.6) is 0 Å². The molecule has 1 aliphatic heterocycles. The van der Waals surface area contributed by atoms with Crippen molar-refractivity contribution in [2.45, 2.75) is 52.0 Å². The summed E-state index contributed by atoms with van der Waals surface area (Å²) in [6, 6.07) is 1.68. The summed E-state index contributed by atoms with van der Waals surface area (Å²) in [5, 5.41) is 6.66. The molecule has 1 atom stereocenters. The average Bonchev–Trinajstić information content (AvgIpc) is 2.65. The molecule has 1 saturated heterocycles. The first-order chi connectivity index (χ1) is 9.20. The van der Waals surface area contributed by atoms with E-state index in [1.807, 2.05) is 6.92 Å². The van der Waals surface area contributed by atoms with Gasteiger partial charge in [-0.25, -0.2) is 0 Å². The Kier molecular flexibility index (Phi) is 4.96. The fourth-order valence-corrected chi connectivity index (χ4v) is 2.65. The molecule has 1 aliphatic rings. The van der Waals surface area contributed by atoms with Crippen LogP contribution in [0.4, 0.5) is 5.82 Å². The molecule has 1 N–H and O–H groups in total. The summed E-state index contributed by atoms with van der Waals surface area (Å²) >= 11 is 0. The second kappa shape index (κ2) is 6.70. The molecular weight excluding hydrogens is 242 g/mol. The topological polar surface area (TPSA) is 58.4 Å². The van der Waals surface area contributed by atoms with E-state index in [-0.39, 0.29) is 11.9 Å². The standard InChI is InChI=1S/C14H23N3O2/c1-3-12(17-8-6-4-5-7-9-17)14(18)15-13-10-11(2)19-16-13/h10,12H,3-9H2,1-2H3,(H,15,16,18). The lowest BCUT2D eigenvalue weighted by Crippen LogP contribution is -2.44. The third kappa shape index (κ3) is 3.80. The van der Waals surface area contributed by atoms with E-state index in [1.165, 1.54) is 25.7 Å². The normalized spacial score (nSPS) is 18.8. The maximum atomic E-state index is 12.3. The van der Waals surface area contributed by atoms with Crippen LogP contribution in [0.3, 0.4) is 0 Å². The van der Waals surface area contributed by atoms with E-state index in [0.29, 0.717) is 11.6 Å². The highest BCUT2D eigenvalue weighted by molar-refractivity contribution is 5.93. The molecule has 1 unspecified atom stereocenters. The predicted octanol–water partition coefficient (Wildman–Crippen LogP) is 2.58. The SMILES string of the molecule is CCC(C(=O)Nc1cc(C)on1)N1CCCCCC1. The second-order valence-corrected chi connectivity index (χ2v) is 5.19. The number of anilines is 1. The van der Waals surface area contributed by atoms with Crippen LogP contribution in [0.25, 0.3) is 0 Å². The zero-order valence-electron chi connectivity index (χ0n) is 11.8. The molecule has 19 heavy (non-hydrogen) atoms. The Morgan fingerprint density at radius 1 is 1.42 bits per heavy atom. The van der Waals surface area contributed by atoms with Gasteiger partial charge in [-0.05, 0) is 39.3 Å². The van der Waals surface area contributed by atoms with Crippen LogP contribution in [0.15, 0.2) is 10.6 Å². The average molecular weight is 265 g/mol. The van der Waals surface area contributed by atoms with Crippen LogP contribution in [0.1, 0.15) is 44.8 Å². The van der Waals surface area contributed by atoms with Crippen LogP contribution in [-0.2, 0) is 4.79 Å². The summed E-state index contributed by atoms with van der Waals surface area (Å²) < 4.78 is 4.97. The Hall–Kier alpha value is -1.36. The maximum absolute atomic E-state index is 12.3. The number of aromatic nitrogens is 1. The quantitative estimate of drug-likeness (QED) is 0.909. The lowest BCUT2D eigenvalue weighted by molar-refractivity contribution is -0.121. The highest BCUT2D eigenvalue weighted by atomic mass is 16.5. The summed E-state index contributed by atoms with van der Waals surface area (Å²) in [5.41, 5.74) is 0. The summed E-state index contributed by atoms with van der Waals surface area (Å²) in [6.07, 6.45) is 5.75. The minimum atomic E-state index is -0.0601. The van der Waals surface area contributed by atoms with Gasteiger partial charge in [0, 0.05) is 6.07 Å². The van der Waals surface area contributed by atoms with Crippen molar-refractivity contribution in [1.82, 2.24) is 10.1 Å². The first-order valence-electron chi connectivity index (χ1n) is 7.19. The Balaban J connectivity index is 1.97. The van der Waals surface area contributed by atoms with E-state index in [4.69, 9.17) is 4.52 Å². The molecule has 0 saturated carbocycles. The van der Waals surface area contributed by atoms with Crippen molar-refractivity contribution < 1.29 is 9.32 Å². The van der Waals surface area contributed by atoms with Gasteiger partial charge in [0.1, 0.15) is 5.76 Å². The molecule has 2 heterocycles. The molecule has 1 amide bonds. The fourth-order valence-electron chi connectivity index (χ4n) is 2.65. The fraction of sp³-hybridized carbons (Fsp3) is 0.714. The molecule has 5 heteroatoms. The number of hydrogen-bond acceptors (Lipinski definition) is 4. The maximum Gasteiger partial charge on any atom is 0.242 e. The monoisotopic (exact) mass is 265 g/mol. The van der Waals surface area contributed by atoms with Gasteiger partial charge in [-0.2, -0.15) is 0 Å². The Labute approximate surface area is 114 Å². The third-order valence-corrected chi connectivity index (χ3v) is 3.65. The van der Waals surface area contributed by atoms with Gasteiger partial charge in [-0.3, -0.25) is 9.69 Å². The van der Waals surface area contributed by atoms with Crippen molar-refractivity contribution >= 4 is 11.7 Å². The summed E-state index contributed by atoms with van der Waals surface area (Å²) in [7, 11) is 0. The van der Waals surface area contributed by atoms with Gasteiger partial charge in [-0.1, -0.05) is 24.9 Å². The molecule has 0 radical (unpaired) electrons. The highest BCUT2D eigenvalue weighted by Gasteiger charge is 2.25. The molecule has 1 aromatic rings. The van der Waals surface area contributed by atoms with E-state index >= 15 is 0 Å². The van der Waals surface area contributed by atoms with Gasteiger partial charge >= 0.3 is 0 Å². The lowest BCUT2D eigenvalue weighted by atomic mass is 10.1. The number of nitrogens with one attached hydrogen (secondary N) is 1. The van der Waals surface area contributed by atoms with Gasteiger partial charge in [0.25, 0.3) is 0 Å². The molecule has 1 aromatic heterocycles. The minimum Gasteiger partial charge on any atom is -0.360 e. The first-order valence-corrected chi connectivity index (χ1v) is 7.19. The number of nitrogens with zero attached hydrogens (tertiary/aromatic N) is 2. The van der Waals surface area contributed by atoms with Gasteiger partial charge < -0.3 is 9.84 Å². The van der Waals surface area contributed by atoms with Crippen molar-refractivity contribution in [3.8, 4) is 0 Å². The number of carbonyl (C=O) groups excluding carboxylic acids is 1. The molecule has 0 aliphatic carbocycles. The summed E-state index contributed by atoms with van der Waals surface area (Å²) in [5.74, 6) is 1.24. The van der Waals surface area contributed by atoms with E-state index in [2.05, 4.69) is 22.3 Å². The Morgan fingerprint density at radius 2 is 2.11 bits per heavy atom. The zero-order chi connectivity index (χ0) is 13.7. The number of carbonyl (C=O) groups is 1. The molecule has 106 valence electrons. The van der Waals surface area contributed by atoms with Crippen LogP contribution < -0.4 is 5.32 Å². The Bertz CT molecular complexity index is 409. The van der Waals surface area contributed by atoms with Crippen LogP contribution in [0.2, 0.25) is 0 Å². The van der Waals surface area contributed by atoms with E-state index < -0.39 is 0 Å². The lowest BCUT2D eigenvalue weighted by Gasteiger charge is -2.28. The molecule has 2 rings (SSSR count). The van der Waals surface area contributed by atoms with Crippen molar-refractivity contribution in [3.05, 3.63) is 11.8 Å². The van der Waals surface area contributed by atoms with Crippen molar-refractivity contribution in [2.75, 3.05) is 18.4 Å². The summed E-state index contributed by atoms with van der Waals surface area (Å²) in [6.45, 7) is 5.91. The Morgan fingerprint density at radius 3 is 2.63 bits per heavy atom. The van der Waals surface area contributed by atoms with Crippen molar-refractivity contribution in [1.29, 1.82) is 0 Å². The van der Waals surface area contributed by atoms with Crippen LogP contribution >= 0.6 is 0 Å². The van der Waals surface area contributed by atoms with Crippen molar-refractivity contribution in [3.63, 3.8) is 0 Å². The van der Waals surface area contributed by atoms with Crippen LogP contribution in [-0.4, -0.2) is 35.1 Å². The molecule has 1 fully saturated rings. The number of rotatable bonds is 4. The smallest absolute Gasteiger partial charge is 0.242 e. The number of amides is 1. The second-order valence-electron chi connectivity index (χ2n) is 5.19. The van der Waals surface area contributed by atoms with Crippen molar-refractivity contribution in [2.24, 2.45) is 0 Å². The van der Waals surface area contributed by atoms with Gasteiger partial charge in [0.2, 0.25) is 5.91 Å². The largest absolute Gasteiger partial charge is 0.360 e. The summed E-state index contributed by atoms with van der Waals surface area (Å²) in [4.78, 5) is 14.6. The van der Waals surface area contributed by atoms with E-state index in [9.17, 15) is 4.79 Å². The molecule has 0 bridgehead atoms. The molecule has 5 nitrogen and oxygen atoms in total. The van der Waals surface area contributed by atoms with E-state index in [0.717, 1.165) is 19.5 Å². The van der Waals surface area contributed by atoms with Gasteiger partial charge in [-0.15, -0.1) is 0 Å². The number of hydrogen-bond donors (Lipinski definition) is 1. The third-order valence-electron chi connectivity index (χ3n) is 3.65. The number of likely N-dealkylation sites (tertiary alicyclic amines) is 1. The zero-order valence-corrected chi connectivity index (χ0v) is 11.8. The van der Waals surface area contributed by atoms with Gasteiger partial charge in [0.05, 0.1) is 6.04 Å². The van der Waals surface area contributed by atoms with Crippen LogP contribution in [0, 0.1) is 6.92 Å². The highest BCUT2D eigenvalue weighted by Crippen LogP contribution is 2.16. The predicted molar refractivity (Wildman–Crippen MR) is 74.0 cm³/mol. The van der Waals surface area contributed by atoms with Gasteiger partial charge in [0.15, 0.2) is 5.82 Å². The first kappa shape index (κ1) is 14.1. The molecule has 0 spiro atoms. The molecular formula is C14H23N3O2. The number of aryl methyl sites for hydroxylation is 1.